The minimum atomic E-state index is -0.115. The van der Waals surface area contributed by atoms with Crippen molar-refractivity contribution in [2.45, 2.75) is 32.2 Å². The fourth-order valence-electron chi connectivity index (χ4n) is 4.13. The molecule has 35 heavy (non-hydrogen) atoms. The molecule has 0 spiro atoms. The zero-order valence-electron chi connectivity index (χ0n) is 20.1. The summed E-state index contributed by atoms with van der Waals surface area (Å²) in [5, 5.41) is 3.73. The van der Waals surface area contributed by atoms with Crippen LogP contribution in [0.2, 0.25) is 5.02 Å². The smallest absolute Gasteiger partial charge is 0.251 e. The van der Waals surface area contributed by atoms with Crippen LogP contribution in [0.15, 0.2) is 66.7 Å². The van der Waals surface area contributed by atoms with Gasteiger partial charge in [0.2, 0.25) is 0 Å². The van der Waals surface area contributed by atoms with Gasteiger partial charge in [-0.3, -0.25) is 4.79 Å². The Morgan fingerprint density at radius 1 is 0.943 bits per heavy atom. The van der Waals surface area contributed by atoms with Crippen LogP contribution in [0.4, 0.5) is 0 Å². The van der Waals surface area contributed by atoms with Gasteiger partial charge in [0.1, 0.15) is 5.82 Å². The van der Waals surface area contributed by atoms with Crippen molar-refractivity contribution >= 4 is 28.5 Å². The van der Waals surface area contributed by atoms with E-state index in [0.717, 1.165) is 54.1 Å². The van der Waals surface area contributed by atoms with Gasteiger partial charge < -0.3 is 19.4 Å². The van der Waals surface area contributed by atoms with Gasteiger partial charge in [0.05, 0.1) is 25.3 Å². The van der Waals surface area contributed by atoms with Crippen LogP contribution in [0, 0.1) is 0 Å². The average Bonchev–Trinajstić information content (AvgIpc) is 3.23. The minimum Gasteiger partial charge on any atom is -0.493 e. The average molecular weight is 492 g/mol. The number of para-hydroxylation sites is 2. The number of nitrogens with zero attached hydrogens (tertiary/aromatic N) is 2. The van der Waals surface area contributed by atoms with Crippen molar-refractivity contribution in [2.75, 3.05) is 20.8 Å². The molecule has 0 saturated carbocycles. The molecule has 3 aromatic carbocycles. The molecule has 182 valence electrons. The van der Waals surface area contributed by atoms with Gasteiger partial charge in [-0.1, -0.05) is 42.3 Å². The number of aromatic nitrogens is 2. The summed E-state index contributed by atoms with van der Waals surface area (Å²) in [5.41, 5.74) is 3.90. The number of amides is 1. The lowest BCUT2D eigenvalue weighted by atomic mass is 10.1. The number of imidazole rings is 1. The van der Waals surface area contributed by atoms with E-state index in [-0.39, 0.29) is 5.91 Å². The Morgan fingerprint density at radius 3 is 2.49 bits per heavy atom. The summed E-state index contributed by atoms with van der Waals surface area (Å²) in [4.78, 5) is 17.4. The molecule has 0 aliphatic heterocycles. The van der Waals surface area contributed by atoms with Gasteiger partial charge >= 0.3 is 0 Å². The summed E-state index contributed by atoms with van der Waals surface area (Å²) in [5.74, 6) is 2.11. The van der Waals surface area contributed by atoms with Crippen LogP contribution in [0.5, 0.6) is 11.5 Å². The molecule has 0 aliphatic carbocycles. The third-order valence-corrected chi connectivity index (χ3v) is 6.25. The highest BCUT2D eigenvalue weighted by atomic mass is 35.5. The molecule has 1 amide bonds. The molecule has 0 saturated heterocycles. The second kappa shape index (κ2) is 11.8. The quantitative estimate of drug-likeness (QED) is 0.265. The van der Waals surface area contributed by atoms with E-state index in [4.69, 9.17) is 26.1 Å². The van der Waals surface area contributed by atoms with Gasteiger partial charge in [-0.2, -0.15) is 0 Å². The number of benzene rings is 3. The van der Waals surface area contributed by atoms with E-state index in [1.807, 2.05) is 24.3 Å². The number of hydrogen-bond donors (Lipinski definition) is 1. The molecule has 0 unspecified atom stereocenters. The van der Waals surface area contributed by atoms with Crippen LogP contribution in [0.3, 0.4) is 0 Å². The SMILES string of the molecule is COc1ccc(C(=O)NCCCCCc2nc3ccccc3n2Cc2ccc(Cl)cc2)cc1OC. The van der Waals surface area contributed by atoms with Crippen molar-refractivity contribution in [3.63, 3.8) is 0 Å². The lowest BCUT2D eigenvalue weighted by molar-refractivity contribution is 0.0952. The van der Waals surface area contributed by atoms with Crippen molar-refractivity contribution in [3.8, 4) is 11.5 Å². The lowest BCUT2D eigenvalue weighted by Crippen LogP contribution is -2.24. The fraction of sp³-hybridized carbons (Fsp3) is 0.286. The molecule has 1 heterocycles. The molecule has 4 aromatic rings. The van der Waals surface area contributed by atoms with E-state index < -0.39 is 0 Å². The molecule has 7 heteroatoms. The predicted octanol–water partition coefficient (Wildman–Crippen LogP) is 5.90. The first-order valence-corrected chi connectivity index (χ1v) is 12.2. The maximum Gasteiger partial charge on any atom is 0.251 e. The third kappa shape index (κ3) is 6.14. The Morgan fingerprint density at radius 2 is 1.71 bits per heavy atom. The minimum absolute atomic E-state index is 0.115. The molecule has 0 bridgehead atoms. The first kappa shape index (κ1) is 24.6. The van der Waals surface area contributed by atoms with Crippen LogP contribution in [0.1, 0.15) is 41.0 Å². The zero-order valence-corrected chi connectivity index (χ0v) is 20.8. The fourth-order valence-corrected chi connectivity index (χ4v) is 4.26. The lowest BCUT2D eigenvalue weighted by Gasteiger charge is -2.11. The third-order valence-electron chi connectivity index (χ3n) is 6.00. The number of unbranched alkanes of at least 4 members (excludes halogenated alkanes) is 2. The molecular weight excluding hydrogens is 462 g/mol. The summed E-state index contributed by atoms with van der Waals surface area (Å²) < 4.78 is 12.8. The highest BCUT2D eigenvalue weighted by molar-refractivity contribution is 6.30. The maximum atomic E-state index is 12.5. The van der Waals surface area contributed by atoms with Gasteiger partial charge in [-0.05, 0) is 60.9 Å². The highest BCUT2D eigenvalue weighted by Gasteiger charge is 2.12. The van der Waals surface area contributed by atoms with E-state index >= 15 is 0 Å². The number of methoxy groups -OCH3 is 2. The number of rotatable bonds is 11. The number of halogens is 1. The van der Waals surface area contributed by atoms with E-state index in [9.17, 15) is 4.79 Å². The number of fused-ring (bicyclic) bond motifs is 1. The number of nitrogens with one attached hydrogen (secondary N) is 1. The van der Waals surface area contributed by atoms with Crippen molar-refractivity contribution in [2.24, 2.45) is 0 Å². The van der Waals surface area contributed by atoms with Crippen molar-refractivity contribution in [3.05, 3.63) is 88.7 Å². The van der Waals surface area contributed by atoms with Crippen LogP contribution >= 0.6 is 11.6 Å². The standard InChI is InChI=1S/C28H30ClN3O3/c1-34-25-16-13-21(18-26(25)35-2)28(33)30-17-7-3-4-10-27-31-23-8-5-6-9-24(23)32(27)19-20-11-14-22(29)15-12-20/h5-6,8-9,11-16,18H,3-4,7,10,17,19H2,1-2H3,(H,30,33). The normalized spacial score (nSPS) is 10.9. The number of hydrogen-bond acceptors (Lipinski definition) is 4. The van der Waals surface area contributed by atoms with Crippen molar-refractivity contribution < 1.29 is 14.3 Å². The summed E-state index contributed by atoms with van der Waals surface area (Å²) >= 11 is 6.05. The van der Waals surface area contributed by atoms with Gasteiger partial charge in [0, 0.05) is 30.1 Å². The largest absolute Gasteiger partial charge is 0.493 e. The van der Waals surface area contributed by atoms with Crippen LogP contribution < -0.4 is 14.8 Å². The molecule has 0 aliphatic rings. The highest BCUT2D eigenvalue weighted by Crippen LogP contribution is 2.27. The molecule has 1 aromatic heterocycles. The molecule has 0 radical (unpaired) electrons. The zero-order chi connectivity index (χ0) is 24.6. The van der Waals surface area contributed by atoms with E-state index in [1.54, 1.807) is 32.4 Å². The van der Waals surface area contributed by atoms with Gasteiger partial charge in [0.25, 0.3) is 5.91 Å². The Balaban J connectivity index is 1.30. The first-order valence-electron chi connectivity index (χ1n) is 11.8. The topological polar surface area (TPSA) is 65.4 Å². The molecule has 4 rings (SSSR count). The summed E-state index contributed by atoms with van der Waals surface area (Å²) in [6.07, 6.45) is 3.77. The number of carbonyl (C=O) groups excluding carboxylic acids is 1. The maximum absolute atomic E-state index is 12.5. The predicted molar refractivity (Wildman–Crippen MR) is 140 cm³/mol. The van der Waals surface area contributed by atoms with Gasteiger partial charge in [0.15, 0.2) is 11.5 Å². The Kier molecular flexibility index (Phi) is 8.27. The van der Waals surface area contributed by atoms with Gasteiger partial charge in [-0.25, -0.2) is 4.98 Å². The van der Waals surface area contributed by atoms with E-state index in [0.29, 0.717) is 23.6 Å². The molecule has 1 N–H and O–H groups in total. The number of aryl methyl sites for hydroxylation is 1. The van der Waals surface area contributed by atoms with Crippen molar-refractivity contribution in [1.82, 2.24) is 14.9 Å². The second-order valence-electron chi connectivity index (χ2n) is 8.37. The second-order valence-corrected chi connectivity index (χ2v) is 8.80. The number of carbonyl (C=O) groups is 1. The molecule has 0 fully saturated rings. The van der Waals surface area contributed by atoms with Gasteiger partial charge in [-0.15, -0.1) is 0 Å². The van der Waals surface area contributed by atoms with E-state index in [2.05, 4.69) is 34.1 Å². The van der Waals surface area contributed by atoms with Crippen LogP contribution in [0.25, 0.3) is 11.0 Å². The van der Waals surface area contributed by atoms with Crippen LogP contribution in [-0.2, 0) is 13.0 Å². The first-order chi connectivity index (χ1) is 17.1. The van der Waals surface area contributed by atoms with Crippen LogP contribution in [-0.4, -0.2) is 36.2 Å². The Labute approximate surface area is 210 Å². The molecule has 0 atom stereocenters. The Hall–Kier alpha value is -3.51. The molecule has 6 nitrogen and oxygen atoms in total. The summed E-state index contributed by atoms with van der Waals surface area (Å²) in [6.45, 7) is 1.38. The monoisotopic (exact) mass is 491 g/mol. The Bertz CT molecular complexity index is 1280. The molecular formula is C28H30ClN3O3. The van der Waals surface area contributed by atoms with E-state index in [1.165, 1.54) is 5.56 Å². The number of ether oxygens (including phenoxy) is 2. The summed E-state index contributed by atoms with van der Waals surface area (Å²) in [7, 11) is 3.13. The van der Waals surface area contributed by atoms with Crippen molar-refractivity contribution in [1.29, 1.82) is 0 Å². The summed E-state index contributed by atoms with van der Waals surface area (Å²) in [6, 6.07) is 21.4.